The molecule has 0 spiro atoms. The van der Waals surface area contributed by atoms with E-state index in [2.05, 4.69) is 10.6 Å². The second kappa shape index (κ2) is 24.5. The van der Waals surface area contributed by atoms with E-state index >= 15 is 0 Å². The van der Waals surface area contributed by atoms with Crippen molar-refractivity contribution in [2.45, 2.75) is 62.2 Å². The summed E-state index contributed by atoms with van der Waals surface area (Å²) in [5.41, 5.74) is 0.720. The average Bonchev–Trinajstić information content (AvgIpc) is 4.07. The summed E-state index contributed by atoms with van der Waals surface area (Å²) in [6, 6.07) is 30.0. The number of halogens is 8. The van der Waals surface area contributed by atoms with Gasteiger partial charge in [0.05, 0.1) is 52.8 Å². The molecule has 2 unspecified atom stereocenters. The first-order valence-corrected chi connectivity index (χ1v) is 22.3. The van der Waals surface area contributed by atoms with E-state index in [0.717, 1.165) is 29.8 Å². The zero-order chi connectivity index (χ0) is 51.0. The Bertz CT molecular complexity index is 2870. The number of para-hydroxylation sites is 2. The summed E-state index contributed by atoms with van der Waals surface area (Å²) in [6.45, 7) is 0.777. The molecule has 6 aromatic carbocycles. The van der Waals surface area contributed by atoms with E-state index in [-0.39, 0.29) is 58.4 Å². The van der Waals surface area contributed by atoms with Crippen LogP contribution in [-0.2, 0) is 26.7 Å². The van der Waals surface area contributed by atoms with Crippen LogP contribution in [0, 0.1) is 11.6 Å². The Labute approximate surface area is 426 Å². The number of hydrogen-bond donors (Lipinski definition) is 3. The fraction of sp³-hybridized carbons (Fsp3) is 0.245. The second-order valence-corrected chi connectivity index (χ2v) is 16.8. The zero-order valence-electron chi connectivity index (χ0n) is 39.3. The monoisotopic (exact) mass is 1010 g/mol. The molecule has 2 aliphatic heterocycles. The van der Waals surface area contributed by atoms with E-state index in [1.54, 1.807) is 58.3 Å². The number of aromatic carboxylic acids is 1. The Hall–Kier alpha value is -7.20. The summed E-state index contributed by atoms with van der Waals surface area (Å²) in [7, 11) is 1.28. The second-order valence-electron chi connectivity index (χ2n) is 16.8. The number of carboxylic acids is 1. The van der Waals surface area contributed by atoms with Crippen molar-refractivity contribution in [3.8, 4) is 0 Å². The van der Waals surface area contributed by atoms with Gasteiger partial charge in [-0.2, -0.15) is 26.3 Å². The molecule has 0 bridgehead atoms. The van der Waals surface area contributed by atoms with Crippen molar-refractivity contribution in [2.24, 2.45) is 0 Å². The molecule has 4 N–H and O–H groups in total. The molecule has 0 radical (unpaired) electrons. The summed E-state index contributed by atoms with van der Waals surface area (Å²) in [5, 5.41) is 15.1. The Morgan fingerprint density at radius 1 is 0.575 bits per heavy atom. The molecule has 4 atom stereocenters. The Kier molecular flexibility index (Phi) is 19.0. The number of carbonyl (C=O) groups excluding carboxylic acids is 3. The number of carboxylic acid groups (broad SMARTS) is 1. The average molecular weight is 1010 g/mol. The number of hydrogen-bond acceptors (Lipinski definition) is 8. The molecule has 73 heavy (non-hydrogen) atoms. The smallest absolute Gasteiger partial charge is 0.870 e. The number of nitrogens with zero attached hydrogens (tertiary/aromatic N) is 2. The van der Waals surface area contributed by atoms with E-state index in [1.807, 2.05) is 0 Å². The summed E-state index contributed by atoms with van der Waals surface area (Å²) in [5.74, 6) is -3.65. The topological polar surface area (TPSA) is 158 Å². The van der Waals surface area contributed by atoms with E-state index in [0.29, 0.717) is 49.9 Å². The fourth-order valence-electron chi connectivity index (χ4n) is 8.73. The van der Waals surface area contributed by atoms with Gasteiger partial charge in [-0.3, -0.25) is 9.59 Å². The number of anilines is 2. The summed E-state index contributed by atoms with van der Waals surface area (Å²) >= 11 is 0. The molecule has 2 aliphatic rings. The first-order chi connectivity index (χ1) is 33.8. The van der Waals surface area contributed by atoms with Crippen LogP contribution >= 0.6 is 0 Å². The van der Waals surface area contributed by atoms with Crippen molar-refractivity contribution in [2.75, 3.05) is 30.8 Å². The molecule has 2 amide bonds. The molecule has 6 aromatic rings. The summed E-state index contributed by atoms with van der Waals surface area (Å²) in [6.07, 6.45) is -6.48. The van der Waals surface area contributed by atoms with Crippen LogP contribution in [0.4, 0.5) is 46.5 Å². The third-order valence-corrected chi connectivity index (χ3v) is 12.3. The van der Waals surface area contributed by atoms with Crippen LogP contribution in [0.2, 0.25) is 0 Å². The quantitative estimate of drug-likeness (QED) is 0.0618. The van der Waals surface area contributed by atoms with Crippen LogP contribution in [0.15, 0.2) is 146 Å². The number of likely N-dealkylation sites (tertiary alicyclic amines) is 2. The standard InChI is InChI=1S/C27H24F4N2O3.C26H22F4N2O3.Li.H2O/c1-36-26(35)19-7-4-6-18(16-19)23-10-5-15-33(23)25(34)24(32-22-9-3-2-8-21(22)28)17-11-13-20(14-12-17)27(29,30)31;27-20-7-1-2-8-21(20)31-23(16-10-12-19(13-11-16)26(28,29)30)24(33)32-14-4-9-22(32)17-5-3-6-18(15-17)25(34)35;;/h2-4,6-9,11-14,16,23-24,32H,5,10,15H2,1H3;1-3,5-8,10-13,15,22-23,31H,4,9,14H2,(H,34,35);;1H2/q;;+1;/p-1/t23-,24?;22-,23?;;/m00../s1. The van der Waals surface area contributed by atoms with Gasteiger partial charge in [0.2, 0.25) is 11.8 Å². The molecule has 11 nitrogen and oxygen atoms in total. The van der Waals surface area contributed by atoms with Gasteiger partial charge in [0.25, 0.3) is 0 Å². The number of carbonyl (C=O) groups is 4. The van der Waals surface area contributed by atoms with Crippen LogP contribution in [0.5, 0.6) is 0 Å². The van der Waals surface area contributed by atoms with Gasteiger partial charge in [-0.05, 0) is 121 Å². The Balaban J connectivity index is 0.000000264. The molecule has 8 rings (SSSR count). The van der Waals surface area contributed by atoms with Gasteiger partial charge in [0.15, 0.2) is 0 Å². The van der Waals surface area contributed by atoms with E-state index in [4.69, 9.17) is 4.74 Å². The van der Waals surface area contributed by atoms with Gasteiger partial charge < -0.3 is 35.8 Å². The van der Waals surface area contributed by atoms with Gasteiger partial charge in [-0.25, -0.2) is 18.4 Å². The number of esters is 1. The van der Waals surface area contributed by atoms with Crippen molar-refractivity contribution in [1.29, 1.82) is 0 Å². The number of ether oxygens (including phenoxy) is 1. The molecule has 2 fully saturated rings. The van der Waals surface area contributed by atoms with Gasteiger partial charge in [-0.1, -0.05) is 72.8 Å². The molecule has 0 aromatic heterocycles. The van der Waals surface area contributed by atoms with Crippen molar-refractivity contribution < 1.29 is 88.5 Å². The maximum Gasteiger partial charge on any atom is 1.00 e. The van der Waals surface area contributed by atoms with Gasteiger partial charge in [0.1, 0.15) is 23.7 Å². The Morgan fingerprint density at radius 2 is 0.959 bits per heavy atom. The zero-order valence-corrected chi connectivity index (χ0v) is 39.3. The number of nitrogens with one attached hydrogen (secondary N) is 2. The maximum absolute atomic E-state index is 14.4. The largest absolute Gasteiger partial charge is 1.00 e. The van der Waals surface area contributed by atoms with Crippen molar-refractivity contribution in [3.05, 3.63) is 202 Å². The minimum atomic E-state index is -4.54. The SMILES string of the molecule is COC(=O)c1cccc([C@@H]2CCCN2C(=O)C(Nc2ccccc2F)c2ccc(C(F)(F)F)cc2)c1.O=C(O)c1cccc([C@@H]2CCCN2C(=O)C(Nc2ccccc2F)c2ccc(C(F)(F)F)cc2)c1.[Li+].[OH-]. The first-order valence-electron chi connectivity index (χ1n) is 22.3. The third kappa shape index (κ3) is 13.7. The summed E-state index contributed by atoms with van der Waals surface area (Å²) in [4.78, 5) is 54.2. The molecule has 20 heteroatoms. The molecule has 378 valence electrons. The van der Waals surface area contributed by atoms with Crippen LogP contribution in [0.25, 0.3) is 0 Å². The Morgan fingerprint density at radius 3 is 1.33 bits per heavy atom. The summed E-state index contributed by atoms with van der Waals surface area (Å²) < 4.78 is 112. The van der Waals surface area contributed by atoms with Crippen molar-refractivity contribution >= 4 is 35.1 Å². The number of amides is 2. The van der Waals surface area contributed by atoms with Crippen LogP contribution < -0.4 is 29.5 Å². The van der Waals surface area contributed by atoms with E-state index in [9.17, 15) is 59.4 Å². The predicted molar refractivity (Wildman–Crippen MR) is 249 cm³/mol. The third-order valence-electron chi connectivity index (χ3n) is 12.3. The van der Waals surface area contributed by atoms with Gasteiger partial charge >= 0.3 is 43.2 Å². The molecular formula is C53H47F8LiN4O7. The van der Waals surface area contributed by atoms with E-state index < -0.39 is 77.0 Å². The van der Waals surface area contributed by atoms with Crippen LogP contribution in [-0.4, -0.2) is 64.3 Å². The molecule has 2 saturated heterocycles. The van der Waals surface area contributed by atoms with Gasteiger partial charge in [-0.15, -0.1) is 0 Å². The molecule has 2 heterocycles. The number of methoxy groups -OCH3 is 1. The molecule has 0 saturated carbocycles. The van der Waals surface area contributed by atoms with Crippen molar-refractivity contribution in [3.63, 3.8) is 0 Å². The first kappa shape index (κ1) is 56.7. The number of benzene rings is 6. The normalized spacial score (nSPS) is 16.1. The van der Waals surface area contributed by atoms with Gasteiger partial charge in [0, 0.05) is 13.1 Å². The minimum absolute atomic E-state index is 0. The van der Waals surface area contributed by atoms with Crippen LogP contribution in [0.3, 0.4) is 0 Å². The maximum atomic E-state index is 14.4. The van der Waals surface area contributed by atoms with E-state index in [1.165, 1.54) is 79.9 Å². The van der Waals surface area contributed by atoms with Crippen LogP contribution in [0.1, 0.15) is 104 Å². The molecule has 0 aliphatic carbocycles. The fourth-order valence-corrected chi connectivity index (χ4v) is 8.73. The minimum Gasteiger partial charge on any atom is -0.870 e. The number of rotatable bonds is 12. The number of alkyl halides is 6. The van der Waals surface area contributed by atoms with Crippen molar-refractivity contribution in [1.82, 2.24) is 9.80 Å². The molecular weight excluding hydrogens is 964 g/mol. The predicted octanol–water partition coefficient (Wildman–Crippen LogP) is 9.03.